The first kappa shape index (κ1) is 11.5. The summed E-state index contributed by atoms with van der Waals surface area (Å²) in [6.45, 7) is 0.991. The molecule has 0 spiro atoms. The van der Waals surface area contributed by atoms with Crippen molar-refractivity contribution in [2.75, 3.05) is 23.8 Å². The third-order valence-corrected chi connectivity index (χ3v) is 3.02. The van der Waals surface area contributed by atoms with Crippen LogP contribution in [0.25, 0.3) is 0 Å². The molecule has 0 unspecified atom stereocenters. The number of benzene rings is 1. The van der Waals surface area contributed by atoms with E-state index in [0.717, 1.165) is 0 Å². The number of anilines is 2. The molecule has 0 radical (unpaired) electrons. The molecule has 1 aromatic carbocycles. The fraction of sp³-hybridized carbons (Fsp3) is 0.143. The molecule has 5 nitrogen and oxygen atoms in total. The van der Waals surface area contributed by atoms with Crippen LogP contribution >= 0.6 is 0 Å². The van der Waals surface area contributed by atoms with Crippen molar-refractivity contribution in [3.05, 3.63) is 48.3 Å². The topological polar surface area (TPSA) is 68.5 Å². The Labute approximate surface area is 110 Å². The van der Waals surface area contributed by atoms with Gasteiger partial charge in [-0.2, -0.15) is 0 Å². The van der Waals surface area contributed by atoms with Gasteiger partial charge in [0.25, 0.3) is 5.91 Å². The van der Waals surface area contributed by atoms with Crippen molar-refractivity contribution in [1.82, 2.24) is 4.98 Å². The average molecular weight is 255 g/mol. The summed E-state index contributed by atoms with van der Waals surface area (Å²) in [5.41, 5.74) is 7.71. The second-order valence-electron chi connectivity index (χ2n) is 4.27. The smallest absolute Gasteiger partial charge is 0.258 e. The highest BCUT2D eigenvalue weighted by molar-refractivity contribution is 6.07. The summed E-state index contributed by atoms with van der Waals surface area (Å²) in [5, 5.41) is 0. The van der Waals surface area contributed by atoms with Crippen molar-refractivity contribution in [3.63, 3.8) is 0 Å². The van der Waals surface area contributed by atoms with E-state index in [4.69, 9.17) is 10.5 Å². The van der Waals surface area contributed by atoms with Gasteiger partial charge in [-0.15, -0.1) is 0 Å². The lowest BCUT2D eigenvalue weighted by atomic mass is 10.1. The van der Waals surface area contributed by atoms with Gasteiger partial charge in [-0.25, -0.2) is 0 Å². The number of nitrogens with zero attached hydrogens (tertiary/aromatic N) is 2. The lowest BCUT2D eigenvalue weighted by Gasteiger charge is -2.29. The Morgan fingerprint density at radius 1 is 1.26 bits per heavy atom. The van der Waals surface area contributed by atoms with E-state index in [1.54, 1.807) is 47.6 Å². The van der Waals surface area contributed by atoms with Gasteiger partial charge in [0, 0.05) is 23.6 Å². The number of amides is 1. The SMILES string of the molecule is Nc1ccc2c(c1)N(C(=O)c1ccncc1)CCO2. The van der Waals surface area contributed by atoms with Crippen LogP contribution in [0, 0.1) is 0 Å². The Hall–Kier alpha value is -2.56. The van der Waals surface area contributed by atoms with Crippen molar-refractivity contribution < 1.29 is 9.53 Å². The Kier molecular flexibility index (Phi) is 2.79. The van der Waals surface area contributed by atoms with E-state index < -0.39 is 0 Å². The second kappa shape index (κ2) is 4.61. The number of nitrogen functional groups attached to an aromatic ring is 1. The van der Waals surface area contributed by atoms with Crippen molar-refractivity contribution in [2.45, 2.75) is 0 Å². The van der Waals surface area contributed by atoms with Crippen LogP contribution < -0.4 is 15.4 Å². The Bertz CT molecular complexity index is 613. The predicted molar refractivity (Wildman–Crippen MR) is 72.3 cm³/mol. The summed E-state index contributed by atoms with van der Waals surface area (Å²) < 4.78 is 5.53. The molecule has 19 heavy (non-hydrogen) atoms. The number of carbonyl (C=O) groups is 1. The second-order valence-corrected chi connectivity index (χ2v) is 4.27. The first-order valence-electron chi connectivity index (χ1n) is 6.00. The van der Waals surface area contributed by atoms with Gasteiger partial charge < -0.3 is 15.4 Å². The molecule has 0 saturated carbocycles. The van der Waals surface area contributed by atoms with E-state index in [2.05, 4.69) is 4.98 Å². The number of aromatic nitrogens is 1. The molecule has 1 aromatic heterocycles. The van der Waals surface area contributed by atoms with Crippen LogP contribution in [0.3, 0.4) is 0 Å². The molecule has 5 heteroatoms. The monoisotopic (exact) mass is 255 g/mol. The molecular formula is C14H13N3O2. The minimum atomic E-state index is -0.0717. The maximum absolute atomic E-state index is 12.5. The maximum atomic E-state index is 12.5. The first-order valence-corrected chi connectivity index (χ1v) is 6.00. The number of carbonyl (C=O) groups excluding carboxylic acids is 1. The number of nitrogens with two attached hydrogens (primary N) is 1. The molecule has 2 heterocycles. The number of pyridine rings is 1. The molecular weight excluding hydrogens is 242 g/mol. The standard InChI is InChI=1S/C14H13N3O2/c15-11-1-2-13-12(9-11)17(7-8-19-13)14(18)10-3-5-16-6-4-10/h1-6,9H,7-8,15H2. The van der Waals surface area contributed by atoms with Gasteiger partial charge in [0.05, 0.1) is 12.2 Å². The zero-order valence-electron chi connectivity index (χ0n) is 10.2. The molecule has 2 N–H and O–H groups in total. The van der Waals surface area contributed by atoms with Gasteiger partial charge in [-0.05, 0) is 30.3 Å². The van der Waals surface area contributed by atoms with Crippen LogP contribution in [0.2, 0.25) is 0 Å². The summed E-state index contributed by atoms with van der Waals surface area (Å²) in [6, 6.07) is 8.71. The number of hydrogen-bond acceptors (Lipinski definition) is 4. The Morgan fingerprint density at radius 2 is 2.05 bits per heavy atom. The van der Waals surface area contributed by atoms with Crippen LogP contribution in [-0.4, -0.2) is 24.0 Å². The molecule has 1 aliphatic rings. The van der Waals surface area contributed by atoms with Crippen LogP contribution in [0.5, 0.6) is 5.75 Å². The number of hydrogen-bond donors (Lipinski definition) is 1. The van der Waals surface area contributed by atoms with Crippen LogP contribution in [0.4, 0.5) is 11.4 Å². The van der Waals surface area contributed by atoms with Crippen LogP contribution in [0.1, 0.15) is 10.4 Å². The van der Waals surface area contributed by atoms with Crippen molar-refractivity contribution in [1.29, 1.82) is 0 Å². The minimum Gasteiger partial charge on any atom is -0.490 e. The van der Waals surface area contributed by atoms with Gasteiger partial charge in [0.1, 0.15) is 12.4 Å². The molecule has 1 aliphatic heterocycles. The molecule has 0 bridgehead atoms. The van der Waals surface area contributed by atoms with Gasteiger partial charge in [-0.3, -0.25) is 9.78 Å². The zero-order valence-corrected chi connectivity index (χ0v) is 10.2. The lowest BCUT2D eigenvalue weighted by molar-refractivity contribution is 0.0976. The fourth-order valence-electron chi connectivity index (χ4n) is 2.10. The molecule has 0 saturated heterocycles. The minimum absolute atomic E-state index is 0.0717. The molecule has 0 fully saturated rings. The van der Waals surface area contributed by atoms with E-state index in [9.17, 15) is 4.79 Å². The number of fused-ring (bicyclic) bond motifs is 1. The Morgan fingerprint density at radius 3 is 2.84 bits per heavy atom. The van der Waals surface area contributed by atoms with Gasteiger partial charge in [-0.1, -0.05) is 0 Å². The molecule has 0 atom stereocenters. The molecule has 3 rings (SSSR count). The van der Waals surface area contributed by atoms with Crippen molar-refractivity contribution in [2.24, 2.45) is 0 Å². The van der Waals surface area contributed by atoms with Gasteiger partial charge >= 0.3 is 0 Å². The van der Waals surface area contributed by atoms with E-state index in [0.29, 0.717) is 35.8 Å². The zero-order chi connectivity index (χ0) is 13.2. The normalized spacial score (nSPS) is 13.6. The quantitative estimate of drug-likeness (QED) is 0.787. The summed E-state index contributed by atoms with van der Waals surface area (Å²) >= 11 is 0. The summed E-state index contributed by atoms with van der Waals surface area (Å²) in [7, 11) is 0. The Balaban J connectivity index is 2.00. The molecule has 1 amide bonds. The van der Waals surface area contributed by atoms with E-state index in [1.165, 1.54) is 0 Å². The maximum Gasteiger partial charge on any atom is 0.258 e. The highest BCUT2D eigenvalue weighted by atomic mass is 16.5. The first-order chi connectivity index (χ1) is 9.25. The average Bonchev–Trinajstić information content (AvgIpc) is 2.47. The number of ether oxygens (including phenoxy) is 1. The van der Waals surface area contributed by atoms with E-state index >= 15 is 0 Å². The summed E-state index contributed by atoms with van der Waals surface area (Å²) in [6.07, 6.45) is 3.21. The fourth-order valence-corrected chi connectivity index (χ4v) is 2.10. The largest absolute Gasteiger partial charge is 0.490 e. The van der Waals surface area contributed by atoms with Crippen molar-refractivity contribution in [3.8, 4) is 5.75 Å². The van der Waals surface area contributed by atoms with E-state index in [-0.39, 0.29) is 5.91 Å². The van der Waals surface area contributed by atoms with Crippen molar-refractivity contribution >= 4 is 17.3 Å². The van der Waals surface area contributed by atoms with Crippen LogP contribution in [-0.2, 0) is 0 Å². The summed E-state index contributed by atoms with van der Waals surface area (Å²) in [5.74, 6) is 0.611. The van der Waals surface area contributed by atoms with Gasteiger partial charge in [0.15, 0.2) is 0 Å². The van der Waals surface area contributed by atoms with Gasteiger partial charge in [0.2, 0.25) is 0 Å². The predicted octanol–water partition coefficient (Wildman–Crippen LogP) is 1.70. The van der Waals surface area contributed by atoms with E-state index in [1.807, 2.05) is 0 Å². The third kappa shape index (κ3) is 2.10. The highest BCUT2D eigenvalue weighted by Crippen LogP contribution is 2.34. The molecule has 2 aromatic rings. The lowest BCUT2D eigenvalue weighted by Crippen LogP contribution is -2.38. The highest BCUT2D eigenvalue weighted by Gasteiger charge is 2.24. The molecule has 96 valence electrons. The number of rotatable bonds is 1. The van der Waals surface area contributed by atoms with Crippen LogP contribution in [0.15, 0.2) is 42.7 Å². The third-order valence-electron chi connectivity index (χ3n) is 3.02. The molecule has 0 aliphatic carbocycles. The summed E-state index contributed by atoms with van der Waals surface area (Å²) in [4.78, 5) is 18.1.